The molecule has 1 aromatic carbocycles. The highest BCUT2D eigenvalue weighted by molar-refractivity contribution is 7.73. The van der Waals surface area contributed by atoms with Crippen molar-refractivity contribution in [2.45, 2.75) is 32.6 Å². The summed E-state index contributed by atoms with van der Waals surface area (Å²) in [7, 11) is 0. The second-order valence-electron chi connectivity index (χ2n) is 7.14. The molecule has 2 heterocycles. The van der Waals surface area contributed by atoms with Crippen molar-refractivity contribution in [3.05, 3.63) is 50.4 Å². The molecule has 0 amide bonds. The van der Waals surface area contributed by atoms with Gasteiger partial charge in [-0.05, 0) is 37.7 Å². The molecule has 0 spiro atoms. The zero-order valence-electron chi connectivity index (χ0n) is 15.4. The van der Waals surface area contributed by atoms with E-state index in [1.165, 1.54) is 22.7 Å². The van der Waals surface area contributed by atoms with Gasteiger partial charge in [-0.2, -0.15) is 0 Å². The predicted octanol–water partition coefficient (Wildman–Crippen LogP) is 5.59. The standard InChI is InChI=1S/C20H20N2O2S3/c1-4-24-18(23)14-13-15-12(10-20(2,3)16(13)27-17(14)21)22(19(25)26-15)11-8-6-5-7-9-11/h5-9H,4,10,21H2,1-3H3. The molecule has 1 aliphatic carbocycles. The number of anilines is 1. The zero-order valence-corrected chi connectivity index (χ0v) is 17.8. The van der Waals surface area contributed by atoms with Crippen molar-refractivity contribution in [1.29, 1.82) is 0 Å². The van der Waals surface area contributed by atoms with E-state index in [9.17, 15) is 4.79 Å². The third kappa shape index (κ3) is 2.85. The third-order valence-corrected chi connectivity index (χ3v) is 7.60. The van der Waals surface area contributed by atoms with Crippen molar-refractivity contribution in [2.24, 2.45) is 0 Å². The van der Waals surface area contributed by atoms with Crippen LogP contribution in [0.5, 0.6) is 0 Å². The summed E-state index contributed by atoms with van der Waals surface area (Å²) in [6.07, 6.45) is 0.833. The van der Waals surface area contributed by atoms with E-state index < -0.39 is 0 Å². The van der Waals surface area contributed by atoms with E-state index >= 15 is 0 Å². The van der Waals surface area contributed by atoms with Gasteiger partial charge in [0.05, 0.1) is 11.5 Å². The highest BCUT2D eigenvalue weighted by atomic mass is 32.1. The fraction of sp³-hybridized carbons (Fsp3) is 0.300. The number of rotatable bonds is 3. The van der Waals surface area contributed by atoms with Crippen molar-refractivity contribution in [2.75, 3.05) is 12.3 Å². The number of nitrogens with two attached hydrogens (primary N) is 1. The zero-order chi connectivity index (χ0) is 19.3. The van der Waals surface area contributed by atoms with Gasteiger partial charge >= 0.3 is 5.97 Å². The Morgan fingerprint density at radius 2 is 2.00 bits per heavy atom. The first-order chi connectivity index (χ1) is 12.8. The topological polar surface area (TPSA) is 57.2 Å². The normalized spacial score (nSPS) is 14.5. The van der Waals surface area contributed by atoms with Gasteiger partial charge in [-0.15, -0.1) is 22.7 Å². The number of carbonyl (C=O) groups excluding carboxylic acids is 1. The van der Waals surface area contributed by atoms with Gasteiger partial charge in [0, 0.05) is 27.2 Å². The number of hydrogen-bond acceptors (Lipinski definition) is 6. The number of carbonyl (C=O) groups is 1. The minimum atomic E-state index is -0.360. The van der Waals surface area contributed by atoms with Gasteiger partial charge in [0.25, 0.3) is 0 Å². The van der Waals surface area contributed by atoms with Crippen LogP contribution in [0.15, 0.2) is 30.3 Å². The first-order valence-corrected chi connectivity index (χ1v) is 10.8. The Morgan fingerprint density at radius 1 is 1.30 bits per heavy atom. The minimum Gasteiger partial charge on any atom is -0.462 e. The second kappa shape index (κ2) is 6.58. The summed E-state index contributed by atoms with van der Waals surface area (Å²) >= 11 is 8.74. The number of nitrogens with zero attached hydrogens (tertiary/aromatic N) is 1. The number of hydrogen-bond donors (Lipinski definition) is 1. The Hall–Kier alpha value is -1.96. The highest BCUT2D eigenvalue weighted by Gasteiger charge is 2.40. The van der Waals surface area contributed by atoms with Gasteiger partial charge in [0.15, 0.2) is 3.95 Å². The maximum atomic E-state index is 12.7. The lowest BCUT2D eigenvalue weighted by Gasteiger charge is -2.30. The average molecular weight is 417 g/mol. The maximum absolute atomic E-state index is 12.7. The SMILES string of the molecule is CCOC(=O)c1c(N)sc2c1-c1sc(=S)n(-c3ccccc3)c1CC2(C)C. The Kier molecular flexibility index (Phi) is 4.49. The van der Waals surface area contributed by atoms with Gasteiger partial charge < -0.3 is 10.5 Å². The Balaban J connectivity index is 2.03. The molecule has 0 bridgehead atoms. The molecule has 140 valence electrons. The molecule has 0 saturated heterocycles. The predicted molar refractivity (Wildman–Crippen MR) is 115 cm³/mol. The molecular formula is C20H20N2O2S3. The number of aromatic nitrogens is 1. The summed E-state index contributed by atoms with van der Waals surface area (Å²) < 4.78 is 8.20. The smallest absolute Gasteiger partial charge is 0.341 e. The number of thiazole rings is 1. The van der Waals surface area contributed by atoms with Gasteiger partial charge in [-0.25, -0.2) is 4.79 Å². The summed E-state index contributed by atoms with van der Waals surface area (Å²) in [5.41, 5.74) is 9.70. The Bertz CT molecular complexity index is 1090. The molecule has 0 aliphatic heterocycles. The quantitative estimate of drug-likeness (QED) is 0.447. The number of ether oxygens (including phenoxy) is 1. The number of esters is 1. The average Bonchev–Trinajstić information content (AvgIpc) is 3.13. The van der Waals surface area contributed by atoms with Gasteiger partial charge in [-0.3, -0.25) is 4.57 Å². The van der Waals surface area contributed by atoms with Crippen molar-refractivity contribution in [1.82, 2.24) is 4.57 Å². The van der Waals surface area contributed by atoms with Crippen LogP contribution in [0.1, 0.15) is 41.7 Å². The summed E-state index contributed by atoms with van der Waals surface area (Å²) in [4.78, 5) is 14.8. The van der Waals surface area contributed by atoms with Crippen molar-refractivity contribution in [3.8, 4) is 16.1 Å². The van der Waals surface area contributed by atoms with Gasteiger partial charge in [0.2, 0.25) is 0 Å². The molecular weight excluding hydrogens is 396 g/mol. The molecule has 0 saturated carbocycles. The van der Waals surface area contributed by atoms with Crippen LogP contribution in [-0.2, 0) is 16.6 Å². The lowest BCUT2D eigenvalue weighted by Crippen LogP contribution is -2.26. The number of nitrogen functional groups attached to an aromatic ring is 1. The van der Waals surface area contributed by atoms with Crippen LogP contribution in [0.3, 0.4) is 0 Å². The van der Waals surface area contributed by atoms with E-state index in [0.717, 1.165) is 37.1 Å². The van der Waals surface area contributed by atoms with E-state index in [0.29, 0.717) is 17.2 Å². The van der Waals surface area contributed by atoms with E-state index in [1.807, 2.05) is 18.2 Å². The molecule has 1 aliphatic rings. The molecule has 4 nitrogen and oxygen atoms in total. The van der Waals surface area contributed by atoms with E-state index in [2.05, 4.69) is 30.5 Å². The van der Waals surface area contributed by atoms with Crippen LogP contribution < -0.4 is 5.73 Å². The third-order valence-electron chi connectivity index (χ3n) is 4.78. The molecule has 2 aromatic heterocycles. The van der Waals surface area contributed by atoms with Gasteiger partial charge in [0.1, 0.15) is 10.6 Å². The molecule has 27 heavy (non-hydrogen) atoms. The fourth-order valence-corrected chi connectivity index (χ4v) is 6.40. The number of fused-ring (bicyclic) bond motifs is 3. The maximum Gasteiger partial charge on any atom is 0.341 e. The van der Waals surface area contributed by atoms with E-state index in [4.69, 9.17) is 22.7 Å². The van der Waals surface area contributed by atoms with Crippen molar-refractivity contribution >= 4 is 45.9 Å². The van der Waals surface area contributed by atoms with Gasteiger partial charge in [-0.1, -0.05) is 32.0 Å². The Labute approximate surface area is 171 Å². The summed E-state index contributed by atoms with van der Waals surface area (Å²) in [5.74, 6) is -0.360. The fourth-order valence-electron chi connectivity index (χ4n) is 3.64. The lowest BCUT2D eigenvalue weighted by molar-refractivity contribution is 0.0529. The van der Waals surface area contributed by atoms with Crippen LogP contribution in [0, 0.1) is 3.95 Å². The summed E-state index contributed by atoms with van der Waals surface area (Å²) in [6, 6.07) is 10.1. The monoisotopic (exact) mass is 416 g/mol. The van der Waals surface area contributed by atoms with Crippen molar-refractivity contribution < 1.29 is 9.53 Å². The first-order valence-electron chi connectivity index (χ1n) is 8.75. The second-order valence-corrected chi connectivity index (χ2v) is 9.84. The number of benzene rings is 1. The molecule has 7 heteroatoms. The lowest BCUT2D eigenvalue weighted by atomic mass is 9.78. The van der Waals surface area contributed by atoms with E-state index in [1.54, 1.807) is 6.92 Å². The molecule has 0 unspecified atom stereocenters. The molecule has 3 aromatic rings. The molecule has 4 rings (SSSR count). The summed E-state index contributed by atoms with van der Waals surface area (Å²) in [6.45, 7) is 6.50. The van der Waals surface area contributed by atoms with Crippen LogP contribution in [-0.4, -0.2) is 17.1 Å². The minimum absolute atomic E-state index is 0.148. The van der Waals surface area contributed by atoms with Crippen LogP contribution in [0.2, 0.25) is 0 Å². The molecule has 0 radical (unpaired) electrons. The highest BCUT2D eigenvalue weighted by Crippen LogP contribution is 2.53. The van der Waals surface area contributed by atoms with Crippen LogP contribution in [0.25, 0.3) is 16.1 Å². The van der Waals surface area contributed by atoms with Crippen LogP contribution >= 0.6 is 34.9 Å². The number of para-hydroxylation sites is 1. The summed E-state index contributed by atoms with van der Waals surface area (Å²) in [5, 5.41) is 0.518. The Morgan fingerprint density at radius 3 is 2.67 bits per heavy atom. The van der Waals surface area contributed by atoms with Crippen LogP contribution in [0.4, 0.5) is 5.00 Å². The molecule has 0 atom stereocenters. The van der Waals surface area contributed by atoms with Crippen molar-refractivity contribution in [3.63, 3.8) is 0 Å². The van der Waals surface area contributed by atoms with E-state index in [-0.39, 0.29) is 11.4 Å². The molecule has 0 fully saturated rings. The first kappa shape index (κ1) is 18.4. The molecule has 2 N–H and O–H groups in total. The largest absolute Gasteiger partial charge is 0.462 e. The number of thiophene rings is 1.